The van der Waals surface area contributed by atoms with E-state index in [1.807, 2.05) is 0 Å². The summed E-state index contributed by atoms with van der Waals surface area (Å²) in [6.45, 7) is 2.37. The van der Waals surface area contributed by atoms with Gasteiger partial charge in [0.25, 0.3) is 0 Å². The van der Waals surface area contributed by atoms with Gasteiger partial charge in [-0.05, 0) is 74.4 Å². The number of amides is 2. The van der Waals surface area contributed by atoms with Crippen LogP contribution < -0.4 is 16.0 Å². The highest BCUT2D eigenvalue weighted by atomic mass is 19.1. The van der Waals surface area contributed by atoms with Crippen molar-refractivity contribution < 1.29 is 19.1 Å². The number of halogens is 1. The summed E-state index contributed by atoms with van der Waals surface area (Å²) in [5.74, 6) is -0.437. The summed E-state index contributed by atoms with van der Waals surface area (Å²) in [7, 11) is 0. The molecule has 2 aromatic rings. The number of carbonyl (C=O) groups excluding carboxylic acids is 2. The fourth-order valence-corrected chi connectivity index (χ4v) is 4.40. The normalized spacial score (nSPS) is 23.2. The molecular weight excluding hydrogens is 399 g/mol. The third-order valence-electron chi connectivity index (χ3n) is 6.08. The summed E-state index contributed by atoms with van der Waals surface area (Å²) in [6.07, 6.45) is 2.85. The van der Waals surface area contributed by atoms with E-state index < -0.39 is 6.04 Å². The molecule has 1 aliphatic carbocycles. The fraction of sp³-hybridized carbons (Fsp3) is 0.435. The summed E-state index contributed by atoms with van der Waals surface area (Å²) in [4.78, 5) is 29.4. The van der Waals surface area contributed by atoms with E-state index in [-0.39, 0.29) is 41.5 Å². The lowest BCUT2D eigenvalue weighted by Crippen LogP contribution is -2.50. The molecule has 7 nitrogen and oxygen atoms in total. The van der Waals surface area contributed by atoms with Crippen LogP contribution in [0, 0.1) is 11.7 Å². The topological polar surface area (TPSA) is 103 Å². The maximum atomic E-state index is 13.1. The van der Waals surface area contributed by atoms with Crippen molar-refractivity contribution in [1.29, 1.82) is 0 Å². The van der Waals surface area contributed by atoms with Gasteiger partial charge in [-0.2, -0.15) is 0 Å². The number of nitrogens with one attached hydrogen (secondary N) is 3. The summed E-state index contributed by atoms with van der Waals surface area (Å²) < 4.78 is 13.1. The second-order valence-corrected chi connectivity index (χ2v) is 8.43. The van der Waals surface area contributed by atoms with Crippen molar-refractivity contribution in [2.24, 2.45) is 5.92 Å². The molecule has 1 fully saturated rings. The number of hydrogen-bond acceptors (Lipinski definition) is 5. The van der Waals surface area contributed by atoms with E-state index in [0.29, 0.717) is 25.8 Å². The van der Waals surface area contributed by atoms with Gasteiger partial charge in [-0.25, -0.2) is 9.37 Å². The van der Waals surface area contributed by atoms with Gasteiger partial charge in [0.2, 0.25) is 17.7 Å². The molecule has 0 saturated carbocycles. The van der Waals surface area contributed by atoms with E-state index in [1.54, 1.807) is 25.1 Å². The van der Waals surface area contributed by atoms with E-state index in [4.69, 9.17) is 0 Å². The molecule has 1 unspecified atom stereocenters. The molecule has 4 rings (SSSR count). The second-order valence-electron chi connectivity index (χ2n) is 8.43. The fourth-order valence-electron chi connectivity index (χ4n) is 4.40. The number of aryl methyl sites for hydroxylation is 1. The molecule has 4 N–H and O–H groups in total. The maximum absolute atomic E-state index is 13.1. The van der Waals surface area contributed by atoms with Gasteiger partial charge in [-0.15, -0.1) is 0 Å². The molecular formula is C23H27FN4O3. The highest BCUT2D eigenvalue weighted by Gasteiger charge is 2.32. The number of rotatable bonds is 6. The Balaban J connectivity index is 1.26. The molecule has 2 aliphatic rings. The van der Waals surface area contributed by atoms with Gasteiger partial charge in [-0.1, -0.05) is 12.1 Å². The molecule has 164 valence electrons. The zero-order valence-electron chi connectivity index (χ0n) is 17.4. The number of hydrogen-bond donors (Lipinski definition) is 4. The van der Waals surface area contributed by atoms with Crippen LogP contribution in [0.15, 0.2) is 36.4 Å². The van der Waals surface area contributed by atoms with Crippen LogP contribution in [0.5, 0.6) is 5.88 Å². The Morgan fingerprint density at radius 3 is 2.81 bits per heavy atom. The monoisotopic (exact) mass is 426 g/mol. The van der Waals surface area contributed by atoms with Crippen LogP contribution in [0.4, 0.5) is 4.39 Å². The van der Waals surface area contributed by atoms with Gasteiger partial charge in [-0.3, -0.25) is 9.59 Å². The minimum Gasteiger partial charge on any atom is -0.493 e. The Bertz CT molecular complexity index is 966. The first-order chi connectivity index (χ1) is 14.9. The molecule has 2 heterocycles. The molecule has 31 heavy (non-hydrogen) atoms. The summed E-state index contributed by atoms with van der Waals surface area (Å²) >= 11 is 0. The molecule has 0 bridgehead atoms. The number of pyridine rings is 1. The van der Waals surface area contributed by atoms with Crippen molar-refractivity contribution in [2.45, 2.75) is 50.7 Å². The lowest BCUT2D eigenvalue weighted by molar-refractivity contribution is -0.129. The standard InChI is InChI=1S/C23H27FN4O3/c1-13(22(30)28-19-8-7-18-17(19)6-9-21(29)27-18)26-23(31)20-11-15(12-25-20)10-14-2-4-16(24)5-3-14/h2-6,9,13,15,19-20,25H,7-8,10-12H2,1H3,(H,26,31)(H,27,29)(H,28,30)/t13-,15-,19?,20+/m0/s1. The summed E-state index contributed by atoms with van der Waals surface area (Å²) in [5, 5.41) is 18.5. The van der Waals surface area contributed by atoms with Crippen molar-refractivity contribution in [1.82, 2.24) is 20.9 Å². The van der Waals surface area contributed by atoms with Crippen molar-refractivity contribution in [3.05, 3.63) is 59.0 Å². The third-order valence-corrected chi connectivity index (χ3v) is 6.08. The Kier molecular flexibility index (Phi) is 6.18. The van der Waals surface area contributed by atoms with Gasteiger partial charge >= 0.3 is 0 Å². The number of nitrogens with zero attached hydrogens (tertiary/aromatic N) is 1. The van der Waals surface area contributed by atoms with E-state index in [9.17, 15) is 19.1 Å². The van der Waals surface area contributed by atoms with Crippen molar-refractivity contribution in [3.8, 4) is 5.88 Å². The number of aromatic nitrogens is 1. The zero-order valence-corrected chi connectivity index (χ0v) is 17.4. The molecule has 4 atom stereocenters. The first-order valence-corrected chi connectivity index (χ1v) is 10.7. The van der Waals surface area contributed by atoms with Crippen LogP contribution in [0.1, 0.15) is 42.6 Å². The molecule has 2 amide bonds. The molecule has 1 aromatic heterocycles. The Hall–Kier alpha value is -3.00. The molecule has 1 aliphatic heterocycles. The second kappa shape index (κ2) is 9.01. The number of benzene rings is 1. The van der Waals surface area contributed by atoms with E-state index >= 15 is 0 Å². The molecule has 0 radical (unpaired) electrons. The van der Waals surface area contributed by atoms with Crippen LogP contribution in [-0.2, 0) is 22.4 Å². The SMILES string of the molecule is C[C@H](NC(=O)[C@H]1C[C@H](Cc2ccc(F)cc2)CN1)C(=O)NC1CCc2nc(O)ccc21. The predicted molar refractivity (Wildman–Crippen MR) is 113 cm³/mol. The highest BCUT2D eigenvalue weighted by Crippen LogP contribution is 2.31. The molecule has 8 heteroatoms. The van der Waals surface area contributed by atoms with Gasteiger partial charge in [0.1, 0.15) is 11.9 Å². The largest absolute Gasteiger partial charge is 0.493 e. The van der Waals surface area contributed by atoms with Crippen LogP contribution in [0.25, 0.3) is 0 Å². The Morgan fingerprint density at radius 1 is 1.26 bits per heavy atom. The van der Waals surface area contributed by atoms with Crippen LogP contribution >= 0.6 is 0 Å². The lowest BCUT2D eigenvalue weighted by atomic mass is 9.96. The number of carbonyl (C=O) groups is 2. The Morgan fingerprint density at radius 2 is 2.03 bits per heavy atom. The lowest BCUT2D eigenvalue weighted by Gasteiger charge is -2.20. The molecule has 1 saturated heterocycles. The van der Waals surface area contributed by atoms with Crippen molar-refractivity contribution >= 4 is 11.8 Å². The first-order valence-electron chi connectivity index (χ1n) is 10.7. The van der Waals surface area contributed by atoms with Crippen molar-refractivity contribution in [3.63, 3.8) is 0 Å². The smallest absolute Gasteiger partial charge is 0.242 e. The first kappa shape index (κ1) is 21.2. The van der Waals surface area contributed by atoms with Crippen LogP contribution in [0.2, 0.25) is 0 Å². The Labute approximate surface area is 180 Å². The predicted octanol–water partition coefficient (Wildman–Crippen LogP) is 1.76. The molecule has 1 aromatic carbocycles. The van der Waals surface area contributed by atoms with Gasteiger partial charge < -0.3 is 21.1 Å². The third kappa shape index (κ3) is 5.02. The average Bonchev–Trinajstić information content (AvgIpc) is 3.36. The number of fused-ring (bicyclic) bond motifs is 1. The zero-order chi connectivity index (χ0) is 22.0. The van der Waals surface area contributed by atoms with E-state index in [2.05, 4.69) is 20.9 Å². The summed E-state index contributed by atoms with van der Waals surface area (Å²) in [5.41, 5.74) is 2.75. The van der Waals surface area contributed by atoms with E-state index in [0.717, 1.165) is 23.2 Å². The maximum Gasteiger partial charge on any atom is 0.242 e. The van der Waals surface area contributed by atoms with Gasteiger partial charge in [0.15, 0.2) is 0 Å². The highest BCUT2D eigenvalue weighted by molar-refractivity contribution is 5.89. The van der Waals surface area contributed by atoms with Crippen LogP contribution in [-0.4, -0.2) is 40.5 Å². The molecule has 0 spiro atoms. The van der Waals surface area contributed by atoms with Gasteiger partial charge in [0.05, 0.1) is 12.1 Å². The number of aromatic hydroxyl groups is 1. The average molecular weight is 426 g/mol. The van der Waals surface area contributed by atoms with E-state index in [1.165, 1.54) is 18.2 Å². The minimum absolute atomic E-state index is 0.0202. The summed E-state index contributed by atoms with van der Waals surface area (Å²) in [6, 6.07) is 8.55. The quantitative estimate of drug-likeness (QED) is 0.564. The van der Waals surface area contributed by atoms with Crippen molar-refractivity contribution in [2.75, 3.05) is 6.54 Å². The van der Waals surface area contributed by atoms with Crippen LogP contribution in [0.3, 0.4) is 0 Å². The minimum atomic E-state index is -0.667. The van der Waals surface area contributed by atoms with Gasteiger partial charge in [0, 0.05) is 11.8 Å².